The molecule has 0 saturated heterocycles. The SMILES string of the molecule is Cc1cc(N2Cc3cc(C(=O)O)ccc3OC(C)C2=O)ccc1Br. The van der Waals surface area contributed by atoms with Gasteiger partial charge in [-0.05, 0) is 55.8 Å². The van der Waals surface area contributed by atoms with Gasteiger partial charge in [0.25, 0.3) is 5.91 Å². The second kappa shape index (κ2) is 6.28. The van der Waals surface area contributed by atoms with E-state index in [1.54, 1.807) is 24.0 Å². The lowest BCUT2D eigenvalue weighted by molar-refractivity contribution is -0.124. The molecule has 1 atom stereocenters. The highest BCUT2D eigenvalue weighted by molar-refractivity contribution is 9.10. The number of rotatable bonds is 2. The van der Waals surface area contributed by atoms with Gasteiger partial charge in [0, 0.05) is 15.7 Å². The van der Waals surface area contributed by atoms with Crippen LogP contribution in [-0.4, -0.2) is 23.1 Å². The second-order valence-electron chi connectivity index (χ2n) is 5.75. The fourth-order valence-electron chi connectivity index (χ4n) is 2.67. The van der Waals surface area contributed by atoms with Gasteiger partial charge >= 0.3 is 5.97 Å². The average molecular weight is 390 g/mol. The molecule has 0 fully saturated rings. The van der Waals surface area contributed by atoms with E-state index in [1.165, 1.54) is 6.07 Å². The van der Waals surface area contributed by atoms with Crippen LogP contribution in [0.3, 0.4) is 0 Å². The Morgan fingerprint density at radius 1 is 1.29 bits per heavy atom. The van der Waals surface area contributed by atoms with Crippen LogP contribution in [0.15, 0.2) is 40.9 Å². The maximum absolute atomic E-state index is 12.7. The smallest absolute Gasteiger partial charge is 0.335 e. The number of hydrogen-bond acceptors (Lipinski definition) is 3. The van der Waals surface area contributed by atoms with Crippen LogP contribution < -0.4 is 9.64 Å². The standard InChI is InChI=1S/C18H16BrNO4/c1-10-7-14(4-5-15(10)19)20-9-13-8-12(18(22)23)3-6-16(13)24-11(2)17(20)21/h3-8,11H,9H2,1-2H3,(H,22,23). The molecule has 3 rings (SSSR count). The van der Waals surface area contributed by atoms with Crippen LogP contribution in [-0.2, 0) is 11.3 Å². The van der Waals surface area contributed by atoms with Crippen molar-refractivity contribution in [1.82, 2.24) is 0 Å². The first-order valence-corrected chi connectivity index (χ1v) is 8.26. The predicted octanol–water partition coefficient (Wildman–Crippen LogP) is 3.77. The lowest BCUT2D eigenvalue weighted by atomic mass is 10.1. The molecule has 0 spiro atoms. The Balaban J connectivity index is 2.06. The minimum absolute atomic E-state index is 0.162. The molecule has 1 heterocycles. The molecule has 1 amide bonds. The van der Waals surface area contributed by atoms with E-state index in [2.05, 4.69) is 15.9 Å². The van der Waals surface area contributed by atoms with Crippen molar-refractivity contribution in [3.05, 3.63) is 57.6 Å². The first kappa shape index (κ1) is 16.5. The molecule has 0 saturated carbocycles. The molecule has 0 bridgehead atoms. The molecule has 2 aromatic carbocycles. The Bertz CT molecular complexity index is 834. The fourth-order valence-corrected chi connectivity index (χ4v) is 2.92. The number of fused-ring (bicyclic) bond motifs is 1. The zero-order valence-corrected chi connectivity index (χ0v) is 14.8. The molecule has 6 heteroatoms. The molecule has 1 aliphatic rings. The molecule has 124 valence electrons. The van der Waals surface area contributed by atoms with Crippen LogP contribution >= 0.6 is 15.9 Å². The van der Waals surface area contributed by atoms with Crippen molar-refractivity contribution in [3.63, 3.8) is 0 Å². The predicted molar refractivity (Wildman–Crippen MR) is 93.6 cm³/mol. The molecule has 1 unspecified atom stereocenters. The average Bonchev–Trinajstić information content (AvgIpc) is 2.67. The Morgan fingerprint density at radius 2 is 2.04 bits per heavy atom. The molecule has 2 aromatic rings. The molecule has 1 N–H and O–H groups in total. The largest absolute Gasteiger partial charge is 0.481 e. The number of hydrogen-bond donors (Lipinski definition) is 1. The highest BCUT2D eigenvalue weighted by Crippen LogP contribution is 2.31. The van der Waals surface area contributed by atoms with Crippen molar-refractivity contribution in [2.24, 2.45) is 0 Å². The van der Waals surface area contributed by atoms with Gasteiger partial charge in [0.15, 0.2) is 6.10 Å². The molecular weight excluding hydrogens is 374 g/mol. The van der Waals surface area contributed by atoms with E-state index in [0.717, 1.165) is 15.7 Å². The number of carboxylic acid groups (broad SMARTS) is 1. The number of ether oxygens (including phenoxy) is 1. The fraction of sp³-hybridized carbons (Fsp3) is 0.222. The van der Waals surface area contributed by atoms with Gasteiger partial charge in [-0.25, -0.2) is 4.79 Å². The lowest BCUT2D eigenvalue weighted by Crippen LogP contribution is -2.38. The summed E-state index contributed by atoms with van der Waals surface area (Å²) in [5.41, 5.74) is 2.61. The van der Waals surface area contributed by atoms with Crippen molar-refractivity contribution in [1.29, 1.82) is 0 Å². The zero-order valence-electron chi connectivity index (χ0n) is 13.2. The van der Waals surface area contributed by atoms with Crippen LogP contribution in [0.25, 0.3) is 0 Å². The van der Waals surface area contributed by atoms with Crippen molar-refractivity contribution >= 4 is 33.5 Å². The summed E-state index contributed by atoms with van der Waals surface area (Å²) in [7, 11) is 0. The summed E-state index contributed by atoms with van der Waals surface area (Å²) < 4.78 is 6.68. The number of carbonyl (C=O) groups excluding carboxylic acids is 1. The lowest BCUT2D eigenvalue weighted by Gasteiger charge is -2.23. The van der Waals surface area contributed by atoms with Crippen molar-refractivity contribution < 1.29 is 19.4 Å². The minimum atomic E-state index is -1.01. The monoisotopic (exact) mass is 389 g/mol. The van der Waals surface area contributed by atoms with E-state index < -0.39 is 12.1 Å². The summed E-state index contributed by atoms with van der Waals surface area (Å²) in [6.07, 6.45) is -0.647. The van der Waals surface area contributed by atoms with Crippen LogP contribution in [0.2, 0.25) is 0 Å². The van der Waals surface area contributed by atoms with Gasteiger partial charge in [-0.2, -0.15) is 0 Å². The topological polar surface area (TPSA) is 66.8 Å². The molecule has 0 radical (unpaired) electrons. The number of amides is 1. The highest BCUT2D eigenvalue weighted by atomic mass is 79.9. The Labute approximate surface area is 148 Å². The van der Waals surface area contributed by atoms with Gasteiger partial charge in [0.1, 0.15) is 5.75 Å². The minimum Gasteiger partial charge on any atom is -0.481 e. The van der Waals surface area contributed by atoms with Crippen molar-refractivity contribution in [3.8, 4) is 5.75 Å². The Morgan fingerprint density at radius 3 is 2.71 bits per heavy atom. The summed E-state index contributed by atoms with van der Waals surface area (Å²) in [5.74, 6) is -0.630. The maximum atomic E-state index is 12.7. The van der Waals surface area contributed by atoms with Crippen LogP contribution in [0, 0.1) is 6.92 Å². The van der Waals surface area contributed by atoms with Gasteiger partial charge in [-0.1, -0.05) is 15.9 Å². The number of halogens is 1. The summed E-state index contributed by atoms with van der Waals surface area (Å²) >= 11 is 3.45. The third-order valence-corrected chi connectivity index (χ3v) is 4.90. The van der Waals surface area contributed by atoms with E-state index >= 15 is 0 Å². The Kier molecular flexibility index (Phi) is 4.32. The molecule has 0 aromatic heterocycles. The Hall–Kier alpha value is -2.34. The number of nitrogens with zero attached hydrogens (tertiary/aromatic N) is 1. The van der Waals surface area contributed by atoms with Gasteiger partial charge < -0.3 is 14.7 Å². The van der Waals surface area contributed by atoms with Crippen molar-refractivity contribution in [2.45, 2.75) is 26.5 Å². The third-order valence-electron chi connectivity index (χ3n) is 4.01. The van der Waals surface area contributed by atoms with Crippen LogP contribution in [0.4, 0.5) is 5.69 Å². The highest BCUT2D eigenvalue weighted by Gasteiger charge is 2.29. The molecule has 1 aliphatic heterocycles. The first-order valence-electron chi connectivity index (χ1n) is 7.47. The number of carboxylic acids is 1. The molecule has 5 nitrogen and oxygen atoms in total. The number of carbonyl (C=O) groups is 2. The molecule has 24 heavy (non-hydrogen) atoms. The maximum Gasteiger partial charge on any atom is 0.335 e. The molecule has 0 aliphatic carbocycles. The van der Waals surface area contributed by atoms with Crippen molar-refractivity contribution in [2.75, 3.05) is 4.90 Å². The van der Waals surface area contributed by atoms with E-state index in [1.807, 2.05) is 25.1 Å². The van der Waals surface area contributed by atoms with E-state index in [0.29, 0.717) is 11.3 Å². The quantitative estimate of drug-likeness (QED) is 0.848. The van der Waals surface area contributed by atoms with Gasteiger partial charge in [0.05, 0.1) is 12.1 Å². The van der Waals surface area contributed by atoms with Crippen LogP contribution in [0.1, 0.15) is 28.4 Å². The van der Waals surface area contributed by atoms with Gasteiger partial charge in [0.2, 0.25) is 0 Å². The second-order valence-corrected chi connectivity index (χ2v) is 6.60. The van der Waals surface area contributed by atoms with Gasteiger partial charge in [-0.15, -0.1) is 0 Å². The summed E-state index contributed by atoms with van der Waals surface area (Å²) in [4.78, 5) is 25.5. The zero-order chi connectivity index (χ0) is 17.4. The molecular formula is C18H16BrNO4. The first-order chi connectivity index (χ1) is 11.4. The number of aromatic carboxylic acids is 1. The number of benzene rings is 2. The van der Waals surface area contributed by atoms with E-state index in [9.17, 15) is 14.7 Å². The van der Waals surface area contributed by atoms with Gasteiger partial charge in [-0.3, -0.25) is 4.79 Å². The van der Waals surface area contributed by atoms with E-state index in [-0.39, 0.29) is 18.0 Å². The third kappa shape index (κ3) is 3.01. The van der Waals surface area contributed by atoms with Crippen LogP contribution in [0.5, 0.6) is 5.75 Å². The number of aryl methyl sites for hydroxylation is 1. The summed E-state index contributed by atoms with van der Waals surface area (Å²) in [6, 6.07) is 10.3. The summed E-state index contributed by atoms with van der Waals surface area (Å²) in [5, 5.41) is 9.18. The number of anilines is 1. The van der Waals surface area contributed by atoms with E-state index in [4.69, 9.17) is 4.74 Å². The summed E-state index contributed by atoms with van der Waals surface area (Å²) in [6.45, 7) is 3.91. The normalized spacial score (nSPS) is 17.0.